The highest BCUT2D eigenvalue weighted by atomic mass is 35.5. The Morgan fingerprint density at radius 1 is 1.23 bits per heavy atom. The first-order valence-electron chi connectivity index (χ1n) is 9.25. The molecule has 0 amide bonds. The van der Waals surface area contributed by atoms with Gasteiger partial charge in [0.15, 0.2) is 17.5 Å². The van der Waals surface area contributed by atoms with Crippen molar-refractivity contribution in [1.82, 2.24) is 10.2 Å². The van der Waals surface area contributed by atoms with Crippen LogP contribution in [-0.2, 0) is 11.3 Å². The molecule has 0 saturated carbocycles. The first-order chi connectivity index (χ1) is 12.7. The van der Waals surface area contributed by atoms with E-state index in [0.717, 1.165) is 56.5 Å². The van der Waals surface area contributed by atoms with E-state index in [0.29, 0.717) is 36.3 Å². The van der Waals surface area contributed by atoms with Gasteiger partial charge in [0.05, 0.1) is 5.02 Å². The van der Waals surface area contributed by atoms with Gasteiger partial charge in [0.2, 0.25) is 0 Å². The quantitative estimate of drug-likeness (QED) is 0.627. The normalized spacial score (nSPS) is 17.9. The molecule has 26 heavy (non-hydrogen) atoms. The van der Waals surface area contributed by atoms with Crippen LogP contribution in [0, 0.1) is 5.92 Å². The van der Waals surface area contributed by atoms with E-state index in [2.05, 4.69) is 22.3 Å². The van der Waals surface area contributed by atoms with Gasteiger partial charge in [-0.25, -0.2) is 0 Å². The van der Waals surface area contributed by atoms with Crippen LogP contribution < -0.4 is 14.8 Å². The molecule has 0 unspecified atom stereocenters. The molecule has 0 radical (unpaired) electrons. The van der Waals surface area contributed by atoms with Crippen molar-refractivity contribution in [2.45, 2.75) is 25.8 Å². The van der Waals surface area contributed by atoms with Crippen molar-refractivity contribution < 1.29 is 14.2 Å². The Kier molecular flexibility index (Phi) is 6.86. The van der Waals surface area contributed by atoms with Gasteiger partial charge in [-0.3, -0.25) is 4.99 Å². The Bertz CT molecular complexity index is 633. The molecule has 2 heterocycles. The number of halogens is 1. The van der Waals surface area contributed by atoms with Gasteiger partial charge in [-0.1, -0.05) is 11.6 Å². The lowest BCUT2D eigenvalue weighted by atomic mass is 9.96. The van der Waals surface area contributed by atoms with E-state index < -0.39 is 0 Å². The van der Waals surface area contributed by atoms with Gasteiger partial charge in [0, 0.05) is 40.4 Å². The molecule has 0 spiro atoms. The highest BCUT2D eigenvalue weighted by molar-refractivity contribution is 6.32. The molecule has 6 nitrogen and oxygen atoms in total. The molecule has 144 valence electrons. The van der Waals surface area contributed by atoms with Crippen LogP contribution in [0.2, 0.25) is 5.02 Å². The Hall–Kier alpha value is -1.66. The molecule has 1 N–H and O–H groups in total. The number of guanidine groups is 1. The third-order valence-corrected chi connectivity index (χ3v) is 5.17. The van der Waals surface area contributed by atoms with Crippen LogP contribution in [0.1, 0.15) is 24.8 Å². The van der Waals surface area contributed by atoms with E-state index >= 15 is 0 Å². The minimum absolute atomic E-state index is 0.537. The van der Waals surface area contributed by atoms with Crippen molar-refractivity contribution in [2.24, 2.45) is 10.9 Å². The van der Waals surface area contributed by atoms with Crippen LogP contribution in [0.4, 0.5) is 0 Å². The first kappa shape index (κ1) is 19.1. The topological polar surface area (TPSA) is 55.3 Å². The van der Waals surface area contributed by atoms with Crippen molar-refractivity contribution in [3.05, 3.63) is 22.7 Å². The van der Waals surface area contributed by atoms with Gasteiger partial charge in [-0.2, -0.15) is 0 Å². The SMILES string of the molecule is CN=C(NCc1cc(Cl)c2c(c1)OCCO2)N(C)CCC1CCOCC1. The third-order valence-electron chi connectivity index (χ3n) is 4.89. The molecule has 0 atom stereocenters. The average molecular weight is 382 g/mol. The van der Waals surface area contributed by atoms with Gasteiger partial charge >= 0.3 is 0 Å². The van der Waals surface area contributed by atoms with Gasteiger partial charge < -0.3 is 24.4 Å². The number of rotatable bonds is 5. The van der Waals surface area contributed by atoms with E-state index in [9.17, 15) is 0 Å². The van der Waals surface area contributed by atoms with Gasteiger partial charge in [-0.05, 0) is 42.9 Å². The Morgan fingerprint density at radius 2 is 2.00 bits per heavy atom. The summed E-state index contributed by atoms with van der Waals surface area (Å²) in [6.07, 6.45) is 3.49. The largest absolute Gasteiger partial charge is 0.486 e. The second-order valence-electron chi connectivity index (χ2n) is 6.77. The molecule has 7 heteroatoms. The third kappa shape index (κ3) is 4.95. The number of benzene rings is 1. The van der Waals surface area contributed by atoms with Crippen molar-refractivity contribution >= 4 is 17.6 Å². The van der Waals surface area contributed by atoms with Gasteiger partial charge in [0.25, 0.3) is 0 Å². The molecule has 1 fully saturated rings. The zero-order valence-corrected chi connectivity index (χ0v) is 16.3. The van der Waals surface area contributed by atoms with E-state index in [1.165, 1.54) is 0 Å². The maximum atomic E-state index is 6.31. The predicted octanol–water partition coefficient (Wildman–Crippen LogP) is 2.94. The van der Waals surface area contributed by atoms with Crippen LogP contribution in [0.15, 0.2) is 17.1 Å². The second-order valence-corrected chi connectivity index (χ2v) is 7.18. The molecule has 1 saturated heterocycles. The summed E-state index contributed by atoms with van der Waals surface area (Å²) in [6.45, 7) is 4.49. The molecule has 2 aliphatic heterocycles. The molecule has 0 aromatic heterocycles. The van der Waals surface area contributed by atoms with Crippen LogP contribution in [0.25, 0.3) is 0 Å². The van der Waals surface area contributed by atoms with Crippen LogP contribution >= 0.6 is 11.6 Å². The van der Waals surface area contributed by atoms with Crippen LogP contribution in [-0.4, -0.2) is 57.9 Å². The summed E-state index contributed by atoms with van der Waals surface area (Å²) in [5.41, 5.74) is 1.04. The zero-order valence-electron chi connectivity index (χ0n) is 15.6. The number of nitrogens with zero attached hydrogens (tertiary/aromatic N) is 2. The van der Waals surface area contributed by atoms with Gasteiger partial charge in [-0.15, -0.1) is 0 Å². The Labute approximate surface area is 160 Å². The van der Waals surface area contributed by atoms with Crippen molar-refractivity contribution in [3.8, 4) is 11.5 Å². The molecular formula is C19H28ClN3O3. The fourth-order valence-corrected chi connectivity index (χ4v) is 3.64. The van der Waals surface area contributed by atoms with Gasteiger partial charge in [0.1, 0.15) is 13.2 Å². The van der Waals surface area contributed by atoms with E-state index in [4.69, 9.17) is 25.8 Å². The minimum atomic E-state index is 0.537. The number of hydrogen-bond donors (Lipinski definition) is 1. The van der Waals surface area contributed by atoms with Crippen molar-refractivity contribution in [3.63, 3.8) is 0 Å². The minimum Gasteiger partial charge on any atom is -0.486 e. The predicted molar refractivity (Wildman–Crippen MR) is 103 cm³/mol. The summed E-state index contributed by atoms with van der Waals surface area (Å²) >= 11 is 6.31. The fraction of sp³-hybridized carbons (Fsp3) is 0.632. The summed E-state index contributed by atoms with van der Waals surface area (Å²) in [6, 6.07) is 3.89. The summed E-state index contributed by atoms with van der Waals surface area (Å²) in [7, 11) is 3.88. The number of fused-ring (bicyclic) bond motifs is 1. The number of ether oxygens (including phenoxy) is 3. The van der Waals surface area contributed by atoms with Crippen LogP contribution in [0.5, 0.6) is 11.5 Å². The zero-order chi connectivity index (χ0) is 18.4. The maximum absolute atomic E-state index is 6.31. The lowest BCUT2D eigenvalue weighted by molar-refractivity contribution is 0.0625. The highest BCUT2D eigenvalue weighted by Gasteiger charge is 2.18. The monoisotopic (exact) mass is 381 g/mol. The summed E-state index contributed by atoms with van der Waals surface area (Å²) < 4.78 is 16.6. The molecule has 0 aliphatic carbocycles. The molecular weight excluding hydrogens is 354 g/mol. The number of aliphatic imine (C=N–C) groups is 1. The standard InChI is InChI=1S/C19H28ClN3O3/c1-21-19(23(2)6-3-14-4-7-24-8-5-14)22-13-15-11-16(20)18-17(12-15)25-9-10-26-18/h11-12,14H,3-10,13H2,1-2H3,(H,21,22). The summed E-state index contributed by atoms with van der Waals surface area (Å²) in [4.78, 5) is 6.57. The maximum Gasteiger partial charge on any atom is 0.193 e. The lowest BCUT2D eigenvalue weighted by Gasteiger charge is -2.27. The van der Waals surface area contributed by atoms with E-state index in [1.54, 1.807) is 0 Å². The average Bonchev–Trinajstić information content (AvgIpc) is 2.68. The highest BCUT2D eigenvalue weighted by Crippen LogP contribution is 2.38. The van der Waals surface area contributed by atoms with Crippen molar-refractivity contribution in [2.75, 3.05) is 47.1 Å². The molecule has 1 aromatic rings. The summed E-state index contributed by atoms with van der Waals surface area (Å²) in [5, 5.41) is 3.99. The fourth-order valence-electron chi connectivity index (χ4n) is 3.35. The molecule has 1 aromatic carbocycles. The number of nitrogens with one attached hydrogen (secondary N) is 1. The molecule has 0 bridgehead atoms. The van der Waals surface area contributed by atoms with Crippen LogP contribution in [0.3, 0.4) is 0 Å². The smallest absolute Gasteiger partial charge is 0.193 e. The second kappa shape index (κ2) is 9.33. The van der Waals surface area contributed by atoms with E-state index in [1.807, 2.05) is 19.2 Å². The Morgan fingerprint density at radius 3 is 2.77 bits per heavy atom. The molecule has 3 rings (SSSR count). The van der Waals surface area contributed by atoms with Crippen molar-refractivity contribution in [1.29, 1.82) is 0 Å². The first-order valence-corrected chi connectivity index (χ1v) is 9.62. The molecule has 2 aliphatic rings. The van der Waals surface area contributed by atoms with E-state index in [-0.39, 0.29) is 0 Å². The number of hydrogen-bond acceptors (Lipinski definition) is 4. The Balaban J connectivity index is 1.52. The lowest BCUT2D eigenvalue weighted by Crippen LogP contribution is -2.39. The summed E-state index contributed by atoms with van der Waals surface area (Å²) in [5.74, 6) is 2.98.